The zero-order valence-electron chi connectivity index (χ0n) is 9.76. The molecule has 0 aliphatic carbocycles. The van der Waals surface area contributed by atoms with Gasteiger partial charge in [0.25, 0.3) is 0 Å². The van der Waals surface area contributed by atoms with Crippen LogP contribution in [0.25, 0.3) is 0 Å². The molecule has 0 saturated carbocycles. The fraction of sp³-hybridized carbons (Fsp3) is 0.538. The molecule has 1 nitrogen and oxygen atoms in total. The van der Waals surface area contributed by atoms with Crippen molar-refractivity contribution in [2.24, 2.45) is 5.41 Å². The number of hydrogen-bond donors (Lipinski definition) is 0. The molecule has 3 heteroatoms. The van der Waals surface area contributed by atoms with E-state index in [1.165, 1.54) is 18.5 Å². The highest BCUT2D eigenvalue weighted by molar-refractivity contribution is 9.10. The quantitative estimate of drug-likeness (QED) is 0.780. The molecule has 1 aliphatic rings. The van der Waals surface area contributed by atoms with E-state index in [0.717, 1.165) is 22.6 Å². The second-order valence-corrected chi connectivity index (χ2v) is 5.95. The van der Waals surface area contributed by atoms with Gasteiger partial charge in [-0.25, -0.2) is 0 Å². The lowest BCUT2D eigenvalue weighted by molar-refractivity contribution is 0.194. The van der Waals surface area contributed by atoms with Crippen molar-refractivity contribution < 1.29 is 0 Å². The van der Waals surface area contributed by atoms with Crippen LogP contribution < -0.4 is 4.90 Å². The average Bonchev–Trinajstić information content (AvgIpc) is 2.23. The van der Waals surface area contributed by atoms with Gasteiger partial charge in [0, 0.05) is 28.0 Å². The van der Waals surface area contributed by atoms with Crippen LogP contribution >= 0.6 is 27.5 Å². The molecule has 0 bridgehead atoms. The van der Waals surface area contributed by atoms with Crippen molar-refractivity contribution in [3.63, 3.8) is 0 Å². The predicted octanol–water partition coefficient (Wildman–Crippen LogP) is 4.73. The summed E-state index contributed by atoms with van der Waals surface area (Å²) in [6.07, 6.45) is 2.52. The molecule has 1 saturated heterocycles. The fourth-order valence-electron chi connectivity index (χ4n) is 2.36. The number of anilines is 1. The molecule has 1 aliphatic heterocycles. The van der Waals surface area contributed by atoms with E-state index >= 15 is 0 Å². The van der Waals surface area contributed by atoms with Crippen LogP contribution in [0, 0.1) is 5.41 Å². The molecule has 0 amide bonds. The summed E-state index contributed by atoms with van der Waals surface area (Å²) in [7, 11) is 0. The molecule has 1 aromatic rings. The van der Waals surface area contributed by atoms with Crippen LogP contribution in [-0.4, -0.2) is 13.1 Å². The minimum absolute atomic E-state index is 0.530. The predicted molar refractivity (Wildman–Crippen MR) is 74.4 cm³/mol. The maximum absolute atomic E-state index is 6.03. The molecule has 2 rings (SSSR count). The van der Waals surface area contributed by atoms with Crippen molar-refractivity contribution in [2.75, 3.05) is 18.0 Å². The third-order valence-corrected chi connectivity index (χ3v) is 4.71. The van der Waals surface area contributed by atoms with Gasteiger partial charge in [-0.1, -0.05) is 25.4 Å². The zero-order valence-corrected chi connectivity index (χ0v) is 12.1. The molecule has 0 N–H and O–H groups in total. The van der Waals surface area contributed by atoms with Crippen molar-refractivity contribution in [1.82, 2.24) is 0 Å². The monoisotopic (exact) mass is 301 g/mol. The number of halogens is 2. The van der Waals surface area contributed by atoms with Gasteiger partial charge < -0.3 is 4.90 Å². The first-order valence-electron chi connectivity index (χ1n) is 5.80. The van der Waals surface area contributed by atoms with Gasteiger partial charge in [-0.05, 0) is 47.0 Å². The van der Waals surface area contributed by atoms with Gasteiger partial charge in [-0.2, -0.15) is 0 Å². The Hall–Kier alpha value is -0.210. The summed E-state index contributed by atoms with van der Waals surface area (Å²) in [6, 6.07) is 5.98. The largest absolute Gasteiger partial charge is 0.369 e. The van der Waals surface area contributed by atoms with Gasteiger partial charge in [-0.15, -0.1) is 0 Å². The highest BCUT2D eigenvalue weighted by atomic mass is 79.9. The molecule has 0 unspecified atom stereocenters. The zero-order chi connectivity index (χ0) is 11.8. The Balaban J connectivity index is 2.14. The van der Waals surface area contributed by atoms with Crippen molar-refractivity contribution in [3.8, 4) is 0 Å². The third-order valence-electron chi connectivity index (χ3n) is 3.80. The lowest BCUT2D eigenvalue weighted by atomic mass is 9.75. The van der Waals surface area contributed by atoms with Crippen LogP contribution in [0.5, 0.6) is 0 Å². The Kier molecular flexibility index (Phi) is 3.50. The smallest absolute Gasteiger partial charge is 0.0525 e. The third kappa shape index (κ3) is 2.10. The number of hydrogen-bond acceptors (Lipinski definition) is 1. The van der Waals surface area contributed by atoms with Crippen molar-refractivity contribution in [1.29, 1.82) is 0 Å². The van der Waals surface area contributed by atoms with Gasteiger partial charge in [0.2, 0.25) is 0 Å². The molecule has 1 fully saturated rings. The van der Waals surface area contributed by atoms with E-state index in [0.29, 0.717) is 5.41 Å². The average molecular weight is 303 g/mol. The molecule has 1 aromatic carbocycles. The van der Waals surface area contributed by atoms with Crippen molar-refractivity contribution in [3.05, 3.63) is 27.7 Å². The van der Waals surface area contributed by atoms with E-state index in [1.807, 2.05) is 18.2 Å². The second-order valence-electron chi connectivity index (χ2n) is 4.66. The van der Waals surface area contributed by atoms with Crippen LogP contribution in [-0.2, 0) is 0 Å². The maximum Gasteiger partial charge on any atom is 0.0525 e. The Morgan fingerprint density at radius 1 is 1.31 bits per heavy atom. The van der Waals surface area contributed by atoms with Crippen LogP contribution in [0.1, 0.15) is 26.7 Å². The van der Waals surface area contributed by atoms with Gasteiger partial charge in [0.1, 0.15) is 0 Å². The minimum Gasteiger partial charge on any atom is -0.369 e. The number of benzene rings is 1. The summed E-state index contributed by atoms with van der Waals surface area (Å²) in [5, 5.41) is 0.809. The topological polar surface area (TPSA) is 3.24 Å². The SMILES string of the molecule is CCC1(CC)CN(c2cc(Cl)ccc2Br)C1. The van der Waals surface area contributed by atoms with Crippen LogP contribution in [0.4, 0.5) is 5.69 Å². The normalized spacial score (nSPS) is 18.4. The summed E-state index contributed by atoms with van der Waals surface area (Å²) >= 11 is 9.62. The van der Waals surface area contributed by atoms with E-state index in [1.54, 1.807) is 0 Å². The minimum atomic E-state index is 0.530. The van der Waals surface area contributed by atoms with Crippen LogP contribution in [0.2, 0.25) is 5.02 Å². The first kappa shape index (κ1) is 12.3. The maximum atomic E-state index is 6.03. The number of rotatable bonds is 3. The summed E-state index contributed by atoms with van der Waals surface area (Å²) in [5.74, 6) is 0. The summed E-state index contributed by atoms with van der Waals surface area (Å²) in [5.41, 5.74) is 1.76. The molecule has 1 heterocycles. The van der Waals surface area contributed by atoms with Crippen LogP contribution in [0.15, 0.2) is 22.7 Å². The summed E-state index contributed by atoms with van der Waals surface area (Å²) in [4.78, 5) is 2.41. The fourth-order valence-corrected chi connectivity index (χ4v) is 3.02. The van der Waals surface area contributed by atoms with Gasteiger partial charge in [0.15, 0.2) is 0 Å². The Morgan fingerprint density at radius 3 is 2.50 bits per heavy atom. The van der Waals surface area contributed by atoms with Crippen molar-refractivity contribution in [2.45, 2.75) is 26.7 Å². The Bertz CT molecular complexity index is 380. The lowest BCUT2D eigenvalue weighted by Gasteiger charge is -2.51. The van der Waals surface area contributed by atoms with Gasteiger partial charge in [-0.3, -0.25) is 0 Å². The summed E-state index contributed by atoms with van der Waals surface area (Å²) < 4.78 is 1.14. The van der Waals surface area contributed by atoms with E-state index in [-0.39, 0.29) is 0 Å². The van der Waals surface area contributed by atoms with E-state index in [4.69, 9.17) is 11.6 Å². The molecule has 0 aromatic heterocycles. The van der Waals surface area contributed by atoms with Crippen LogP contribution in [0.3, 0.4) is 0 Å². The first-order chi connectivity index (χ1) is 7.60. The molecule has 88 valence electrons. The molecule has 0 spiro atoms. The first-order valence-corrected chi connectivity index (χ1v) is 6.97. The van der Waals surface area contributed by atoms with Crippen molar-refractivity contribution >= 4 is 33.2 Å². The molecule has 0 radical (unpaired) electrons. The molecular weight excluding hydrogens is 286 g/mol. The Morgan fingerprint density at radius 2 is 1.94 bits per heavy atom. The molecule has 0 atom stereocenters. The Labute approximate surface area is 111 Å². The van der Waals surface area contributed by atoms with E-state index in [9.17, 15) is 0 Å². The van der Waals surface area contributed by atoms with Gasteiger partial charge in [0.05, 0.1) is 5.69 Å². The second kappa shape index (κ2) is 4.58. The summed E-state index contributed by atoms with van der Waals surface area (Å²) in [6.45, 7) is 6.87. The van der Waals surface area contributed by atoms with Gasteiger partial charge >= 0.3 is 0 Å². The number of nitrogens with zero attached hydrogens (tertiary/aromatic N) is 1. The highest BCUT2D eigenvalue weighted by Gasteiger charge is 2.40. The molecule has 16 heavy (non-hydrogen) atoms. The standard InChI is InChI=1S/C13H17BrClN/c1-3-13(4-2)8-16(9-13)12-7-10(15)5-6-11(12)14/h5-7H,3-4,8-9H2,1-2H3. The lowest BCUT2D eigenvalue weighted by Crippen LogP contribution is -2.56. The highest BCUT2D eigenvalue weighted by Crippen LogP contribution is 2.42. The van der Waals surface area contributed by atoms with E-state index < -0.39 is 0 Å². The molecular formula is C13H17BrClN. The van der Waals surface area contributed by atoms with E-state index in [2.05, 4.69) is 34.7 Å².